The Kier molecular flexibility index (Phi) is 7.49. The topological polar surface area (TPSA) is 49.9 Å². The van der Waals surface area contributed by atoms with Gasteiger partial charge in [0.25, 0.3) is 5.91 Å². The smallest absolute Gasteiger partial charge is 0.253 e. The molecule has 0 bridgehead atoms. The van der Waals surface area contributed by atoms with Crippen molar-refractivity contribution in [3.63, 3.8) is 0 Å². The highest BCUT2D eigenvalue weighted by molar-refractivity contribution is 5.94. The quantitative estimate of drug-likeness (QED) is 0.781. The van der Waals surface area contributed by atoms with Crippen LogP contribution in [-0.4, -0.2) is 54.4 Å². The summed E-state index contributed by atoms with van der Waals surface area (Å²) in [6.45, 7) is 11.6. The molecule has 0 aromatic heterocycles. The Morgan fingerprint density at radius 1 is 0.923 bits per heavy atom. The summed E-state index contributed by atoms with van der Waals surface area (Å²) in [4.78, 5) is 28.8. The largest absolute Gasteiger partial charge is 0.493 e. The fraction of sp³-hybridized carbons (Fsp3) is 0.619. The van der Waals surface area contributed by atoms with Gasteiger partial charge in [-0.2, -0.15) is 0 Å². The monoisotopic (exact) mass is 360 g/mol. The van der Waals surface area contributed by atoms with Crippen molar-refractivity contribution < 1.29 is 14.3 Å². The Hall–Kier alpha value is -2.04. The molecule has 0 aliphatic carbocycles. The van der Waals surface area contributed by atoms with E-state index in [-0.39, 0.29) is 11.8 Å². The van der Waals surface area contributed by atoms with Gasteiger partial charge in [-0.05, 0) is 42.5 Å². The zero-order chi connectivity index (χ0) is 19.1. The number of hydrogen-bond acceptors (Lipinski definition) is 3. The van der Waals surface area contributed by atoms with Crippen LogP contribution in [0.1, 0.15) is 50.9 Å². The maximum absolute atomic E-state index is 12.8. The molecular formula is C21H32N2O3. The minimum atomic E-state index is 0.0265. The summed E-state index contributed by atoms with van der Waals surface area (Å²) in [7, 11) is 0. The lowest BCUT2D eigenvalue weighted by Crippen LogP contribution is -2.37. The molecule has 1 aromatic rings. The van der Waals surface area contributed by atoms with E-state index in [2.05, 4.69) is 27.7 Å². The summed E-state index contributed by atoms with van der Waals surface area (Å²) in [5, 5.41) is 0. The molecule has 0 saturated carbocycles. The molecule has 0 atom stereocenters. The van der Waals surface area contributed by atoms with Crippen LogP contribution in [-0.2, 0) is 4.79 Å². The first-order valence-corrected chi connectivity index (χ1v) is 9.66. The fourth-order valence-electron chi connectivity index (χ4n) is 2.99. The Balaban J connectivity index is 1.92. The van der Waals surface area contributed by atoms with E-state index in [4.69, 9.17) is 4.74 Å². The molecule has 1 aliphatic rings. The van der Waals surface area contributed by atoms with Gasteiger partial charge in [-0.25, -0.2) is 0 Å². The van der Waals surface area contributed by atoms with E-state index in [0.29, 0.717) is 50.1 Å². The second-order valence-corrected chi connectivity index (χ2v) is 7.85. The Labute approximate surface area is 157 Å². The first-order valence-electron chi connectivity index (χ1n) is 9.66. The molecular weight excluding hydrogens is 328 g/mol. The van der Waals surface area contributed by atoms with Gasteiger partial charge in [0.15, 0.2) is 0 Å². The minimum Gasteiger partial charge on any atom is -0.493 e. The predicted molar refractivity (Wildman–Crippen MR) is 103 cm³/mol. The van der Waals surface area contributed by atoms with Crippen LogP contribution in [0.2, 0.25) is 0 Å². The highest BCUT2D eigenvalue weighted by Gasteiger charge is 2.23. The Morgan fingerprint density at radius 2 is 1.54 bits per heavy atom. The summed E-state index contributed by atoms with van der Waals surface area (Å²) < 4.78 is 5.67. The summed E-state index contributed by atoms with van der Waals surface area (Å²) in [6, 6.07) is 7.35. The van der Waals surface area contributed by atoms with E-state index in [1.165, 1.54) is 0 Å². The van der Waals surface area contributed by atoms with Crippen LogP contribution in [0.3, 0.4) is 0 Å². The van der Waals surface area contributed by atoms with Gasteiger partial charge in [0, 0.05) is 38.2 Å². The highest BCUT2D eigenvalue weighted by atomic mass is 16.5. The molecule has 26 heavy (non-hydrogen) atoms. The van der Waals surface area contributed by atoms with Gasteiger partial charge in [-0.1, -0.05) is 27.7 Å². The van der Waals surface area contributed by atoms with Crippen LogP contribution >= 0.6 is 0 Å². The molecule has 1 fully saturated rings. The number of carbonyl (C=O) groups is 2. The number of hydrogen-bond donors (Lipinski definition) is 0. The maximum atomic E-state index is 12.8. The lowest BCUT2D eigenvalue weighted by atomic mass is 10.1. The molecule has 5 nitrogen and oxygen atoms in total. The number of carbonyl (C=O) groups excluding carboxylic acids is 2. The van der Waals surface area contributed by atoms with E-state index >= 15 is 0 Å². The van der Waals surface area contributed by atoms with Gasteiger partial charge in [0.2, 0.25) is 5.91 Å². The molecule has 0 spiro atoms. The van der Waals surface area contributed by atoms with Crippen molar-refractivity contribution in [1.82, 2.24) is 9.80 Å². The highest BCUT2D eigenvalue weighted by Crippen LogP contribution is 2.16. The van der Waals surface area contributed by atoms with Gasteiger partial charge in [-0.15, -0.1) is 0 Å². The average molecular weight is 360 g/mol. The maximum Gasteiger partial charge on any atom is 0.253 e. The van der Waals surface area contributed by atoms with Crippen molar-refractivity contribution in [3.8, 4) is 5.75 Å². The Bertz CT molecular complexity index is 596. The summed E-state index contributed by atoms with van der Waals surface area (Å²) in [5.74, 6) is 1.84. The molecule has 2 rings (SSSR count). The lowest BCUT2D eigenvalue weighted by Gasteiger charge is -2.23. The van der Waals surface area contributed by atoms with E-state index < -0.39 is 0 Å². The number of nitrogens with zero attached hydrogens (tertiary/aromatic N) is 2. The number of benzene rings is 1. The number of ether oxygens (including phenoxy) is 1. The fourth-order valence-corrected chi connectivity index (χ4v) is 2.99. The van der Waals surface area contributed by atoms with Crippen molar-refractivity contribution in [3.05, 3.63) is 29.8 Å². The van der Waals surface area contributed by atoms with Gasteiger partial charge in [0.1, 0.15) is 5.75 Å². The third-order valence-electron chi connectivity index (χ3n) is 4.40. The van der Waals surface area contributed by atoms with Crippen molar-refractivity contribution in [2.24, 2.45) is 11.8 Å². The molecule has 1 aliphatic heterocycles. The number of rotatable bonds is 6. The third kappa shape index (κ3) is 6.04. The molecule has 0 unspecified atom stereocenters. The van der Waals surface area contributed by atoms with Crippen LogP contribution < -0.4 is 4.74 Å². The van der Waals surface area contributed by atoms with Crippen molar-refractivity contribution in [2.45, 2.75) is 40.5 Å². The summed E-state index contributed by atoms with van der Waals surface area (Å²) in [5.41, 5.74) is 0.670. The Morgan fingerprint density at radius 3 is 2.15 bits per heavy atom. The first kappa shape index (κ1) is 20.3. The lowest BCUT2D eigenvalue weighted by molar-refractivity contribution is -0.131. The molecule has 1 saturated heterocycles. The molecule has 2 amide bonds. The number of amides is 2. The SMILES string of the molecule is CC(C)COc1ccc(C(=O)N2CCCN(C(=O)CC(C)C)CC2)cc1. The van der Waals surface area contributed by atoms with E-state index in [1.807, 2.05) is 34.1 Å². The van der Waals surface area contributed by atoms with Gasteiger partial charge in [0.05, 0.1) is 6.61 Å². The molecule has 0 N–H and O–H groups in total. The summed E-state index contributed by atoms with van der Waals surface area (Å²) >= 11 is 0. The standard InChI is InChI=1S/C21H32N2O3/c1-16(2)14-20(24)22-10-5-11-23(13-12-22)21(25)18-6-8-19(9-7-18)26-15-17(3)4/h6-9,16-17H,5,10-15H2,1-4H3. The zero-order valence-electron chi connectivity index (χ0n) is 16.5. The second-order valence-electron chi connectivity index (χ2n) is 7.85. The van der Waals surface area contributed by atoms with Crippen LogP contribution in [0.25, 0.3) is 0 Å². The van der Waals surface area contributed by atoms with Crippen LogP contribution in [0.15, 0.2) is 24.3 Å². The predicted octanol–water partition coefficient (Wildman–Crippen LogP) is 3.44. The zero-order valence-corrected chi connectivity index (χ0v) is 16.5. The molecule has 5 heteroatoms. The van der Waals surface area contributed by atoms with Crippen LogP contribution in [0.4, 0.5) is 0 Å². The van der Waals surface area contributed by atoms with Crippen LogP contribution in [0.5, 0.6) is 5.75 Å². The van der Waals surface area contributed by atoms with E-state index in [0.717, 1.165) is 18.7 Å². The van der Waals surface area contributed by atoms with Gasteiger partial charge in [-0.3, -0.25) is 9.59 Å². The van der Waals surface area contributed by atoms with Crippen molar-refractivity contribution in [2.75, 3.05) is 32.8 Å². The normalized spacial score (nSPS) is 15.3. The summed E-state index contributed by atoms with van der Waals surface area (Å²) in [6.07, 6.45) is 1.40. The van der Waals surface area contributed by atoms with Gasteiger partial charge >= 0.3 is 0 Å². The van der Waals surface area contributed by atoms with Gasteiger partial charge < -0.3 is 14.5 Å². The minimum absolute atomic E-state index is 0.0265. The first-order chi connectivity index (χ1) is 12.4. The molecule has 0 radical (unpaired) electrons. The van der Waals surface area contributed by atoms with Crippen molar-refractivity contribution in [1.29, 1.82) is 0 Å². The second kappa shape index (κ2) is 9.60. The van der Waals surface area contributed by atoms with Crippen LogP contribution in [0, 0.1) is 11.8 Å². The van der Waals surface area contributed by atoms with E-state index in [9.17, 15) is 9.59 Å². The van der Waals surface area contributed by atoms with Crippen molar-refractivity contribution >= 4 is 11.8 Å². The van der Waals surface area contributed by atoms with E-state index in [1.54, 1.807) is 0 Å². The average Bonchev–Trinajstić information content (AvgIpc) is 2.85. The molecule has 144 valence electrons. The third-order valence-corrected chi connectivity index (χ3v) is 4.40. The molecule has 1 heterocycles. The molecule has 1 aromatic carbocycles.